The van der Waals surface area contributed by atoms with Crippen molar-refractivity contribution in [3.63, 3.8) is 0 Å². The van der Waals surface area contributed by atoms with Crippen LogP contribution in [0.4, 0.5) is 0 Å². The van der Waals surface area contributed by atoms with Crippen molar-refractivity contribution in [1.29, 1.82) is 0 Å². The van der Waals surface area contributed by atoms with Gasteiger partial charge in [-0.15, -0.1) is 0 Å². The molecule has 1 saturated heterocycles. The Morgan fingerprint density at radius 3 is 2.37 bits per heavy atom. The lowest BCUT2D eigenvalue weighted by Gasteiger charge is -2.37. The molecule has 0 aliphatic carbocycles. The molecule has 5 nitrogen and oxygen atoms in total. The number of carbonyl (C=O) groups excluding carboxylic acids is 1. The highest BCUT2D eigenvalue weighted by atomic mass is 16.7. The molecule has 19 heavy (non-hydrogen) atoms. The molecule has 0 spiro atoms. The fourth-order valence-electron chi connectivity index (χ4n) is 2.91. The molecule has 0 bridgehead atoms. The molecule has 1 rings (SSSR count). The Bertz CT molecular complexity index is 268. The Hall–Kier alpha value is -0.650. The second-order valence-electron chi connectivity index (χ2n) is 5.38. The maximum atomic E-state index is 12.6. The summed E-state index contributed by atoms with van der Waals surface area (Å²) < 4.78 is 10.4. The molecule has 1 aliphatic heterocycles. The number of ether oxygens (including phenoxy) is 2. The lowest BCUT2D eigenvalue weighted by atomic mass is 9.74. The Balaban J connectivity index is 2.66. The highest BCUT2D eigenvalue weighted by Crippen LogP contribution is 2.34. The van der Waals surface area contributed by atoms with E-state index < -0.39 is 6.29 Å². The number of carbonyl (C=O) groups is 1. The summed E-state index contributed by atoms with van der Waals surface area (Å²) in [5.74, 6) is 0.141. The number of hydrogen-bond acceptors (Lipinski definition) is 4. The molecule has 0 aromatic rings. The molecular formula is C14H28N2O3. The third-order valence-electron chi connectivity index (χ3n) is 4.00. The van der Waals surface area contributed by atoms with E-state index in [0.29, 0.717) is 0 Å². The number of methoxy groups -OCH3 is 2. The summed E-state index contributed by atoms with van der Waals surface area (Å²) in [4.78, 5) is 12.6. The topological polar surface area (TPSA) is 59.6 Å². The maximum absolute atomic E-state index is 12.6. The molecular weight excluding hydrogens is 244 g/mol. The Morgan fingerprint density at radius 1 is 1.32 bits per heavy atom. The van der Waals surface area contributed by atoms with Crippen LogP contribution in [0.25, 0.3) is 0 Å². The summed E-state index contributed by atoms with van der Waals surface area (Å²) in [6.07, 6.45) is 3.38. The fraction of sp³-hybridized carbons (Fsp3) is 0.929. The zero-order valence-electron chi connectivity index (χ0n) is 12.6. The average Bonchev–Trinajstić information content (AvgIpc) is 2.41. The van der Waals surface area contributed by atoms with Gasteiger partial charge in [-0.25, -0.2) is 0 Å². The molecule has 0 aromatic carbocycles. The van der Waals surface area contributed by atoms with Crippen LogP contribution in [0.1, 0.15) is 39.5 Å². The zero-order valence-corrected chi connectivity index (χ0v) is 12.6. The number of amides is 1. The van der Waals surface area contributed by atoms with Crippen LogP contribution in [-0.2, 0) is 14.3 Å². The summed E-state index contributed by atoms with van der Waals surface area (Å²) in [6.45, 7) is 5.88. The van der Waals surface area contributed by atoms with Crippen LogP contribution >= 0.6 is 0 Å². The molecule has 1 fully saturated rings. The van der Waals surface area contributed by atoms with Crippen molar-refractivity contribution in [1.82, 2.24) is 10.6 Å². The summed E-state index contributed by atoms with van der Waals surface area (Å²) in [7, 11) is 3.17. The van der Waals surface area contributed by atoms with Crippen molar-refractivity contribution in [3.8, 4) is 0 Å². The highest BCUT2D eigenvalue weighted by molar-refractivity contribution is 5.83. The third-order valence-corrected chi connectivity index (χ3v) is 4.00. The lowest BCUT2D eigenvalue weighted by Crippen LogP contribution is -2.52. The van der Waals surface area contributed by atoms with Gasteiger partial charge in [-0.3, -0.25) is 4.79 Å². The van der Waals surface area contributed by atoms with E-state index in [1.807, 2.05) is 6.92 Å². The third kappa shape index (κ3) is 4.16. The summed E-state index contributed by atoms with van der Waals surface area (Å²) in [5.41, 5.74) is -0.222. The summed E-state index contributed by atoms with van der Waals surface area (Å²) in [5, 5.41) is 6.38. The summed E-state index contributed by atoms with van der Waals surface area (Å²) in [6, 6.07) is -0.147. The molecule has 1 aliphatic rings. The van der Waals surface area contributed by atoms with Gasteiger partial charge in [-0.1, -0.05) is 13.3 Å². The first-order valence-corrected chi connectivity index (χ1v) is 7.17. The SMILES string of the molecule is CCCC1(C(=O)NC(C)C(OC)OC)CCNCC1. The number of hydrogen-bond donors (Lipinski definition) is 2. The Labute approximate surface area is 116 Å². The minimum Gasteiger partial charge on any atom is -0.354 e. The molecule has 0 aromatic heterocycles. The monoisotopic (exact) mass is 272 g/mol. The lowest BCUT2D eigenvalue weighted by molar-refractivity contribution is -0.144. The van der Waals surface area contributed by atoms with E-state index in [-0.39, 0.29) is 17.4 Å². The minimum absolute atomic E-state index is 0.141. The molecule has 1 heterocycles. The van der Waals surface area contributed by atoms with Gasteiger partial charge in [0.2, 0.25) is 5.91 Å². The van der Waals surface area contributed by atoms with Gasteiger partial charge >= 0.3 is 0 Å². The predicted octanol–water partition coefficient (Wildman–Crippen LogP) is 1.28. The number of piperidine rings is 1. The highest BCUT2D eigenvalue weighted by Gasteiger charge is 2.39. The van der Waals surface area contributed by atoms with E-state index in [2.05, 4.69) is 17.6 Å². The molecule has 112 valence electrons. The molecule has 1 amide bonds. The first kappa shape index (κ1) is 16.4. The van der Waals surface area contributed by atoms with Crippen LogP contribution < -0.4 is 10.6 Å². The zero-order chi connectivity index (χ0) is 14.3. The van der Waals surface area contributed by atoms with Crippen LogP contribution in [0.3, 0.4) is 0 Å². The van der Waals surface area contributed by atoms with E-state index in [0.717, 1.165) is 38.8 Å². The van der Waals surface area contributed by atoms with Gasteiger partial charge < -0.3 is 20.1 Å². The van der Waals surface area contributed by atoms with Crippen LogP contribution in [0.2, 0.25) is 0 Å². The molecule has 1 unspecified atom stereocenters. The molecule has 0 saturated carbocycles. The second-order valence-corrected chi connectivity index (χ2v) is 5.38. The van der Waals surface area contributed by atoms with Gasteiger partial charge in [0.25, 0.3) is 0 Å². The van der Waals surface area contributed by atoms with Gasteiger partial charge in [0.1, 0.15) is 0 Å². The van der Waals surface area contributed by atoms with Crippen molar-refractivity contribution in [3.05, 3.63) is 0 Å². The van der Waals surface area contributed by atoms with E-state index in [1.165, 1.54) is 0 Å². The van der Waals surface area contributed by atoms with Crippen LogP contribution in [0.15, 0.2) is 0 Å². The normalized spacial score (nSPS) is 20.3. The summed E-state index contributed by atoms with van der Waals surface area (Å²) >= 11 is 0. The van der Waals surface area contributed by atoms with E-state index in [9.17, 15) is 4.79 Å². The standard InChI is InChI=1S/C14H28N2O3/c1-5-6-14(7-9-15-10-8-14)13(17)16-11(2)12(18-3)19-4/h11-12,15H,5-10H2,1-4H3,(H,16,17). The Kier molecular flexibility index (Phi) is 6.75. The van der Waals surface area contributed by atoms with Gasteiger partial charge in [-0.2, -0.15) is 0 Å². The van der Waals surface area contributed by atoms with E-state index in [1.54, 1.807) is 14.2 Å². The Morgan fingerprint density at radius 2 is 1.89 bits per heavy atom. The molecule has 0 radical (unpaired) electrons. The first-order valence-electron chi connectivity index (χ1n) is 7.17. The van der Waals surface area contributed by atoms with Gasteiger partial charge in [0.05, 0.1) is 11.5 Å². The van der Waals surface area contributed by atoms with Gasteiger partial charge in [0.15, 0.2) is 6.29 Å². The van der Waals surface area contributed by atoms with Crippen molar-refractivity contribution in [2.75, 3.05) is 27.3 Å². The van der Waals surface area contributed by atoms with Crippen LogP contribution in [-0.4, -0.2) is 45.5 Å². The van der Waals surface area contributed by atoms with Crippen LogP contribution in [0.5, 0.6) is 0 Å². The fourth-order valence-corrected chi connectivity index (χ4v) is 2.91. The number of rotatable bonds is 7. The van der Waals surface area contributed by atoms with Crippen molar-refractivity contribution in [2.45, 2.75) is 51.9 Å². The maximum Gasteiger partial charge on any atom is 0.226 e. The van der Waals surface area contributed by atoms with Crippen molar-refractivity contribution >= 4 is 5.91 Å². The molecule has 5 heteroatoms. The van der Waals surface area contributed by atoms with Gasteiger partial charge in [0, 0.05) is 14.2 Å². The second kappa shape index (κ2) is 7.82. The quantitative estimate of drug-likeness (QED) is 0.685. The van der Waals surface area contributed by atoms with E-state index in [4.69, 9.17) is 9.47 Å². The number of nitrogens with one attached hydrogen (secondary N) is 2. The van der Waals surface area contributed by atoms with Crippen molar-refractivity contribution in [2.24, 2.45) is 5.41 Å². The largest absolute Gasteiger partial charge is 0.354 e. The predicted molar refractivity (Wildman–Crippen MR) is 74.9 cm³/mol. The average molecular weight is 272 g/mol. The molecule has 2 N–H and O–H groups in total. The molecule has 1 atom stereocenters. The minimum atomic E-state index is -0.399. The smallest absolute Gasteiger partial charge is 0.226 e. The van der Waals surface area contributed by atoms with Crippen LogP contribution in [0, 0.1) is 5.41 Å². The van der Waals surface area contributed by atoms with E-state index >= 15 is 0 Å². The van der Waals surface area contributed by atoms with Gasteiger partial charge in [-0.05, 0) is 39.3 Å². The first-order chi connectivity index (χ1) is 9.09. The van der Waals surface area contributed by atoms with Crippen molar-refractivity contribution < 1.29 is 14.3 Å².